The minimum Gasteiger partial charge on any atom is -0.316 e. The molecule has 2 aromatic carbocycles. The van der Waals surface area contributed by atoms with Gasteiger partial charge in [-0.1, -0.05) is 41.9 Å². The molecule has 0 unspecified atom stereocenters. The van der Waals surface area contributed by atoms with Crippen LogP contribution in [-0.2, 0) is 12.3 Å². The van der Waals surface area contributed by atoms with Crippen LogP contribution in [0.3, 0.4) is 0 Å². The van der Waals surface area contributed by atoms with E-state index in [0.29, 0.717) is 0 Å². The molecule has 3 heteroatoms. The molecular weight excluding hydrogens is 262 g/mol. The van der Waals surface area contributed by atoms with Crippen molar-refractivity contribution in [3.63, 3.8) is 0 Å². The van der Waals surface area contributed by atoms with Gasteiger partial charge in [0.25, 0.3) is 0 Å². The van der Waals surface area contributed by atoms with Gasteiger partial charge in [-0.15, -0.1) is 11.8 Å². The van der Waals surface area contributed by atoms with E-state index in [1.54, 1.807) is 0 Å². The molecule has 0 heterocycles. The summed E-state index contributed by atoms with van der Waals surface area (Å²) >= 11 is 7.74. The molecule has 0 aliphatic carbocycles. The average molecular weight is 278 g/mol. The van der Waals surface area contributed by atoms with E-state index in [0.717, 1.165) is 17.3 Å². The maximum atomic E-state index is 5.88. The molecule has 1 N–H and O–H groups in total. The number of thioether (sulfide) groups is 1. The second-order valence-corrected chi connectivity index (χ2v) is 5.51. The summed E-state index contributed by atoms with van der Waals surface area (Å²) in [5, 5.41) is 3.99. The number of rotatable bonds is 5. The van der Waals surface area contributed by atoms with Crippen molar-refractivity contribution in [2.24, 2.45) is 0 Å². The Morgan fingerprint density at radius 2 is 1.78 bits per heavy atom. The highest BCUT2D eigenvalue weighted by Gasteiger charge is 2.02. The minimum absolute atomic E-state index is 0.791. The number of hydrogen-bond donors (Lipinski definition) is 1. The first kappa shape index (κ1) is 13.5. The highest BCUT2D eigenvalue weighted by atomic mass is 35.5. The van der Waals surface area contributed by atoms with E-state index >= 15 is 0 Å². The maximum Gasteiger partial charge on any atom is 0.0406 e. The van der Waals surface area contributed by atoms with Gasteiger partial charge in [0, 0.05) is 22.2 Å². The van der Waals surface area contributed by atoms with E-state index in [4.69, 9.17) is 11.6 Å². The summed E-state index contributed by atoms with van der Waals surface area (Å²) in [7, 11) is 1.97. The predicted molar refractivity (Wildman–Crippen MR) is 80.2 cm³/mol. The van der Waals surface area contributed by atoms with Gasteiger partial charge in [0.2, 0.25) is 0 Å². The summed E-state index contributed by atoms with van der Waals surface area (Å²) in [5.74, 6) is 0.970. The molecule has 0 saturated heterocycles. The molecule has 0 amide bonds. The van der Waals surface area contributed by atoms with Gasteiger partial charge in [-0.05, 0) is 36.4 Å². The third-order valence-electron chi connectivity index (χ3n) is 2.65. The van der Waals surface area contributed by atoms with Crippen LogP contribution >= 0.6 is 23.4 Å². The third kappa shape index (κ3) is 3.77. The lowest BCUT2D eigenvalue weighted by molar-refractivity contribution is 0.803. The Bertz CT molecular complexity index is 496. The van der Waals surface area contributed by atoms with Crippen LogP contribution in [0.1, 0.15) is 11.1 Å². The molecule has 2 rings (SSSR count). The molecule has 0 fully saturated rings. The van der Waals surface area contributed by atoms with Gasteiger partial charge >= 0.3 is 0 Å². The Kier molecular flexibility index (Phi) is 5.12. The minimum atomic E-state index is 0.791. The Morgan fingerprint density at radius 3 is 2.50 bits per heavy atom. The fourth-order valence-electron chi connectivity index (χ4n) is 1.72. The topological polar surface area (TPSA) is 12.0 Å². The van der Waals surface area contributed by atoms with E-state index in [1.165, 1.54) is 16.0 Å². The van der Waals surface area contributed by atoms with Crippen LogP contribution in [0, 0.1) is 0 Å². The van der Waals surface area contributed by atoms with E-state index in [9.17, 15) is 0 Å². The van der Waals surface area contributed by atoms with Crippen LogP contribution in [0.15, 0.2) is 53.4 Å². The lowest BCUT2D eigenvalue weighted by Gasteiger charge is -2.08. The summed E-state index contributed by atoms with van der Waals surface area (Å²) in [5.41, 5.74) is 2.64. The number of nitrogens with one attached hydrogen (secondary N) is 1. The monoisotopic (exact) mass is 277 g/mol. The highest BCUT2D eigenvalue weighted by Crippen LogP contribution is 2.26. The smallest absolute Gasteiger partial charge is 0.0406 e. The standard InChI is InChI=1S/C15H16ClNS/c1-17-10-13-4-2-3-5-15(13)18-11-12-6-8-14(16)9-7-12/h2-9,17H,10-11H2,1H3. The first-order valence-corrected chi connectivity index (χ1v) is 7.25. The molecule has 0 aliphatic rings. The van der Waals surface area contributed by atoms with Crippen molar-refractivity contribution < 1.29 is 0 Å². The van der Waals surface area contributed by atoms with Gasteiger partial charge in [-0.3, -0.25) is 0 Å². The van der Waals surface area contributed by atoms with Crippen molar-refractivity contribution in [3.05, 3.63) is 64.7 Å². The van der Waals surface area contributed by atoms with Gasteiger partial charge in [-0.25, -0.2) is 0 Å². The van der Waals surface area contributed by atoms with Crippen molar-refractivity contribution in [1.82, 2.24) is 5.32 Å². The molecule has 2 aromatic rings. The molecule has 0 bridgehead atoms. The lowest BCUT2D eigenvalue weighted by atomic mass is 10.2. The van der Waals surface area contributed by atoms with Crippen molar-refractivity contribution in [2.45, 2.75) is 17.2 Å². The summed E-state index contributed by atoms with van der Waals surface area (Å²) < 4.78 is 0. The quantitative estimate of drug-likeness (QED) is 0.816. The Hall–Kier alpha value is -0.960. The fourth-order valence-corrected chi connectivity index (χ4v) is 2.86. The van der Waals surface area contributed by atoms with Crippen molar-refractivity contribution in [2.75, 3.05) is 7.05 Å². The number of hydrogen-bond acceptors (Lipinski definition) is 2. The summed E-state index contributed by atoms with van der Waals surface area (Å²) in [6, 6.07) is 16.6. The molecule has 1 nitrogen and oxygen atoms in total. The van der Waals surface area contributed by atoms with Crippen LogP contribution in [0.4, 0.5) is 0 Å². The normalized spacial score (nSPS) is 10.6. The van der Waals surface area contributed by atoms with Crippen molar-refractivity contribution >= 4 is 23.4 Å². The zero-order valence-corrected chi connectivity index (χ0v) is 11.9. The Morgan fingerprint density at radius 1 is 1.06 bits per heavy atom. The Labute approximate surface area is 118 Å². The van der Waals surface area contributed by atoms with E-state index in [1.807, 2.05) is 30.9 Å². The zero-order chi connectivity index (χ0) is 12.8. The number of halogens is 1. The zero-order valence-electron chi connectivity index (χ0n) is 10.3. The van der Waals surface area contributed by atoms with Crippen LogP contribution in [0.25, 0.3) is 0 Å². The summed E-state index contributed by atoms with van der Waals surface area (Å²) in [6.07, 6.45) is 0. The highest BCUT2D eigenvalue weighted by molar-refractivity contribution is 7.98. The lowest BCUT2D eigenvalue weighted by Crippen LogP contribution is -2.05. The van der Waals surface area contributed by atoms with Gasteiger partial charge < -0.3 is 5.32 Å². The Balaban J connectivity index is 2.03. The first-order chi connectivity index (χ1) is 8.79. The average Bonchev–Trinajstić information content (AvgIpc) is 2.40. The fraction of sp³-hybridized carbons (Fsp3) is 0.200. The van der Waals surface area contributed by atoms with E-state index < -0.39 is 0 Å². The van der Waals surface area contributed by atoms with Gasteiger partial charge in [0.15, 0.2) is 0 Å². The second-order valence-electron chi connectivity index (χ2n) is 4.05. The molecule has 18 heavy (non-hydrogen) atoms. The van der Waals surface area contributed by atoms with Gasteiger partial charge in [0.05, 0.1) is 0 Å². The third-order valence-corrected chi connectivity index (χ3v) is 4.09. The largest absolute Gasteiger partial charge is 0.316 e. The molecule has 0 saturated carbocycles. The van der Waals surface area contributed by atoms with Gasteiger partial charge in [-0.2, -0.15) is 0 Å². The molecule has 0 spiro atoms. The number of benzene rings is 2. The molecule has 0 aromatic heterocycles. The summed E-state index contributed by atoms with van der Waals surface area (Å²) in [4.78, 5) is 1.34. The molecular formula is C15H16ClNS. The van der Waals surface area contributed by atoms with Crippen LogP contribution < -0.4 is 5.32 Å². The first-order valence-electron chi connectivity index (χ1n) is 5.89. The second kappa shape index (κ2) is 6.83. The van der Waals surface area contributed by atoms with Crippen LogP contribution in [0.5, 0.6) is 0 Å². The van der Waals surface area contributed by atoms with Crippen LogP contribution in [0.2, 0.25) is 5.02 Å². The van der Waals surface area contributed by atoms with E-state index in [-0.39, 0.29) is 0 Å². The molecule has 94 valence electrons. The maximum absolute atomic E-state index is 5.88. The van der Waals surface area contributed by atoms with Crippen LogP contribution in [-0.4, -0.2) is 7.05 Å². The van der Waals surface area contributed by atoms with Crippen molar-refractivity contribution in [1.29, 1.82) is 0 Å². The summed E-state index contributed by atoms with van der Waals surface area (Å²) in [6.45, 7) is 0.907. The molecule has 0 radical (unpaired) electrons. The van der Waals surface area contributed by atoms with E-state index in [2.05, 4.69) is 41.7 Å². The molecule has 0 aliphatic heterocycles. The van der Waals surface area contributed by atoms with Gasteiger partial charge in [0.1, 0.15) is 0 Å². The predicted octanol–water partition coefficient (Wildman–Crippen LogP) is 4.35. The SMILES string of the molecule is CNCc1ccccc1SCc1ccc(Cl)cc1. The van der Waals surface area contributed by atoms with Crippen molar-refractivity contribution in [3.8, 4) is 0 Å². The molecule has 0 atom stereocenters.